The van der Waals surface area contributed by atoms with Crippen molar-refractivity contribution in [2.75, 3.05) is 12.3 Å². The summed E-state index contributed by atoms with van der Waals surface area (Å²) in [4.78, 5) is 16.1. The van der Waals surface area contributed by atoms with Gasteiger partial charge >= 0.3 is 0 Å². The Morgan fingerprint density at radius 1 is 1.50 bits per heavy atom. The van der Waals surface area contributed by atoms with Gasteiger partial charge in [0, 0.05) is 24.0 Å². The SMILES string of the molecule is Cc1ccc(C(=O)NCCc2cscn2)c(N)c1. The van der Waals surface area contributed by atoms with E-state index < -0.39 is 0 Å². The van der Waals surface area contributed by atoms with Gasteiger partial charge in [0.1, 0.15) is 0 Å². The van der Waals surface area contributed by atoms with E-state index in [4.69, 9.17) is 5.73 Å². The number of carbonyl (C=O) groups excluding carboxylic acids is 1. The second kappa shape index (κ2) is 5.64. The standard InChI is InChI=1S/C13H15N3OS/c1-9-2-3-11(12(14)6-9)13(17)15-5-4-10-7-18-8-16-10/h2-3,6-8H,4-5,14H2,1H3,(H,15,17). The Bertz CT molecular complexity index is 537. The second-order valence-corrected chi connectivity index (χ2v) is 4.80. The van der Waals surface area contributed by atoms with Crippen LogP contribution in [0.5, 0.6) is 0 Å². The Hall–Kier alpha value is -1.88. The van der Waals surface area contributed by atoms with E-state index in [1.54, 1.807) is 29.0 Å². The highest BCUT2D eigenvalue weighted by Crippen LogP contribution is 2.13. The number of nitrogens with two attached hydrogens (primary N) is 1. The lowest BCUT2D eigenvalue weighted by atomic mass is 10.1. The Kier molecular flexibility index (Phi) is 3.94. The molecule has 2 rings (SSSR count). The second-order valence-electron chi connectivity index (χ2n) is 4.08. The summed E-state index contributed by atoms with van der Waals surface area (Å²) in [5.74, 6) is -0.136. The van der Waals surface area contributed by atoms with Crippen molar-refractivity contribution in [1.82, 2.24) is 10.3 Å². The lowest BCUT2D eigenvalue weighted by Gasteiger charge is -2.07. The summed E-state index contributed by atoms with van der Waals surface area (Å²) in [6.45, 7) is 2.51. The Labute approximate surface area is 110 Å². The van der Waals surface area contributed by atoms with Crippen molar-refractivity contribution in [1.29, 1.82) is 0 Å². The normalized spacial score (nSPS) is 10.3. The first-order valence-corrected chi connectivity index (χ1v) is 6.62. The number of carbonyl (C=O) groups is 1. The zero-order valence-electron chi connectivity index (χ0n) is 10.1. The molecule has 0 bridgehead atoms. The number of benzene rings is 1. The van der Waals surface area contributed by atoms with Crippen LogP contribution < -0.4 is 11.1 Å². The minimum Gasteiger partial charge on any atom is -0.398 e. The third-order valence-electron chi connectivity index (χ3n) is 2.60. The van der Waals surface area contributed by atoms with Crippen molar-refractivity contribution in [3.63, 3.8) is 0 Å². The molecule has 0 saturated heterocycles. The van der Waals surface area contributed by atoms with Crippen LogP contribution in [-0.4, -0.2) is 17.4 Å². The van der Waals surface area contributed by atoms with E-state index in [1.807, 2.05) is 18.4 Å². The highest BCUT2D eigenvalue weighted by Gasteiger charge is 2.08. The van der Waals surface area contributed by atoms with Crippen molar-refractivity contribution in [2.45, 2.75) is 13.3 Å². The number of nitrogens with zero attached hydrogens (tertiary/aromatic N) is 1. The smallest absolute Gasteiger partial charge is 0.253 e. The molecular formula is C13H15N3OS. The number of aryl methyl sites for hydroxylation is 1. The van der Waals surface area contributed by atoms with Crippen molar-refractivity contribution < 1.29 is 4.79 Å². The monoisotopic (exact) mass is 261 g/mol. The van der Waals surface area contributed by atoms with Gasteiger partial charge in [0.25, 0.3) is 5.91 Å². The highest BCUT2D eigenvalue weighted by molar-refractivity contribution is 7.07. The molecule has 18 heavy (non-hydrogen) atoms. The Morgan fingerprint density at radius 3 is 3.00 bits per heavy atom. The first-order chi connectivity index (χ1) is 8.66. The molecule has 0 aliphatic rings. The molecule has 0 atom stereocenters. The van der Waals surface area contributed by atoms with Gasteiger partial charge in [0.15, 0.2) is 0 Å². The van der Waals surface area contributed by atoms with Crippen LogP contribution in [0.2, 0.25) is 0 Å². The van der Waals surface area contributed by atoms with Crippen LogP contribution in [-0.2, 0) is 6.42 Å². The molecule has 1 aromatic carbocycles. The van der Waals surface area contributed by atoms with Gasteiger partial charge in [-0.25, -0.2) is 4.98 Å². The average molecular weight is 261 g/mol. The van der Waals surface area contributed by atoms with Gasteiger partial charge in [-0.2, -0.15) is 0 Å². The third kappa shape index (κ3) is 3.07. The number of rotatable bonds is 4. The molecule has 0 spiro atoms. The lowest BCUT2D eigenvalue weighted by molar-refractivity contribution is 0.0955. The van der Waals surface area contributed by atoms with E-state index in [1.165, 1.54) is 0 Å². The van der Waals surface area contributed by atoms with Gasteiger partial charge in [-0.15, -0.1) is 11.3 Å². The number of nitrogen functional groups attached to an aromatic ring is 1. The molecule has 2 aromatic rings. The van der Waals surface area contributed by atoms with Gasteiger partial charge < -0.3 is 11.1 Å². The van der Waals surface area contributed by atoms with Crippen LogP contribution in [0.15, 0.2) is 29.1 Å². The molecule has 1 aromatic heterocycles. The number of nitrogens with one attached hydrogen (secondary N) is 1. The van der Waals surface area contributed by atoms with E-state index in [0.717, 1.165) is 17.7 Å². The fourth-order valence-electron chi connectivity index (χ4n) is 1.65. The van der Waals surface area contributed by atoms with Crippen molar-refractivity contribution in [3.05, 3.63) is 45.9 Å². The highest BCUT2D eigenvalue weighted by atomic mass is 32.1. The number of thiazole rings is 1. The minimum absolute atomic E-state index is 0.136. The first-order valence-electron chi connectivity index (χ1n) is 5.68. The van der Waals surface area contributed by atoms with E-state index in [9.17, 15) is 4.79 Å². The Balaban J connectivity index is 1.91. The molecule has 0 fully saturated rings. The van der Waals surface area contributed by atoms with Gasteiger partial charge in [-0.05, 0) is 24.6 Å². The fourth-order valence-corrected chi connectivity index (χ4v) is 2.24. The van der Waals surface area contributed by atoms with Gasteiger partial charge in [0.2, 0.25) is 0 Å². The summed E-state index contributed by atoms with van der Waals surface area (Å²) in [6.07, 6.45) is 0.737. The fraction of sp³-hybridized carbons (Fsp3) is 0.231. The molecule has 4 nitrogen and oxygen atoms in total. The molecule has 0 aliphatic carbocycles. The molecule has 0 aliphatic heterocycles. The summed E-state index contributed by atoms with van der Waals surface area (Å²) >= 11 is 1.56. The van der Waals surface area contributed by atoms with Crippen molar-refractivity contribution >= 4 is 22.9 Å². The van der Waals surface area contributed by atoms with E-state index in [0.29, 0.717) is 17.8 Å². The average Bonchev–Trinajstić information content (AvgIpc) is 2.81. The van der Waals surface area contributed by atoms with Crippen LogP contribution in [0, 0.1) is 6.92 Å². The molecule has 5 heteroatoms. The van der Waals surface area contributed by atoms with Crippen LogP contribution >= 0.6 is 11.3 Å². The molecular weight excluding hydrogens is 246 g/mol. The maximum Gasteiger partial charge on any atom is 0.253 e. The van der Waals surface area contributed by atoms with E-state index >= 15 is 0 Å². The predicted octanol–water partition coefficient (Wildman–Crippen LogP) is 2.01. The summed E-state index contributed by atoms with van der Waals surface area (Å²) in [5.41, 5.74) is 10.7. The Morgan fingerprint density at radius 2 is 2.33 bits per heavy atom. The molecule has 0 unspecified atom stereocenters. The quantitative estimate of drug-likeness (QED) is 0.827. The maximum atomic E-state index is 11.9. The number of amides is 1. The lowest BCUT2D eigenvalue weighted by Crippen LogP contribution is -2.26. The zero-order valence-corrected chi connectivity index (χ0v) is 11.0. The predicted molar refractivity (Wildman–Crippen MR) is 73.7 cm³/mol. The van der Waals surface area contributed by atoms with Crippen LogP contribution in [0.4, 0.5) is 5.69 Å². The number of hydrogen-bond donors (Lipinski definition) is 2. The topological polar surface area (TPSA) is 68.0 Å². The van der Waals surface area contributed by atoms with E-state index in [-0.39, 0.29) is 5.91 Å². The number of hydrogen-bond acceptors (Lipinski definition) is 4. The van der Waals surface area contributed by atoms with Crippen LogP contribution in [0.25, 0.3) is 0 Å². The minimum atomic E-state index is -0.136. The van der Waals surface area contributed by atoms with Gasteiger partial charge in [-0.1, -0.05) is 6.07 Å². The molecule has 0 saturated carbocycles. The summed E-state index contributed by atoms with van der Waals surface area (Å²) < 4.78 is 0. The third-order valence-corrected chi connectivity index (χ3v) is 3.24. The molecule has 1 heterocycles. The largest absolute Gasteiger partial charge is 0.398 e. The number of anilines is 1. The molecule has 1 amide bonds. The zero-order chi connectivity index (χ0) is 13.0. The van der Waals surface area contributed by atoms with Crippen LogP contribution in [0.3, 0.4) is 0 Å². The molecule has 94 valence electrons. The van der Waals surface area contributed by atoms with Crippen molar-refractivity contribution in [3.8, 4) is 0 Å². The summed E-state index contributed by atoms with van der Waals surface area (Å²) in [5, 5.41) is 4.82. The van der Waals surface area contributed by atoms with E-state index in [2.05, 4.69) is 10.3 Å². The maximum absolute atomic E-state index is 11.9. The summed E-state index contributed by atoms with van der Waals surface area (Å²) in [6, 6.07) is 5.43. The van der Waals surface area contributed by atoms with Crippen LogP contribution in [0.1, 0.15) is 21.6 Å². The number of aromatic nitrogens is 1. The van der Waals surface area contributed by atoms with Crippen molar-refractivity contribution in [2.24, 2.45) is 0 Å². The first kappa shape index (κ1) is 12.6. The summed E-state index contributed by atoms with van der Waals surface area (Å²) in [7, 11) is 0. The van der Waals surface area contributed by atoms with Gasteiger partial charge in [-0.3, -0.25) is 4.79 Å². The molecule has 0 radical (unpaired) electrons. The van der Waals surface area contributed by atoms with Gasteiger partial charge in [0.05, 0.1) is 16.8 Å². The molecule has 3 N–H and O–H groups in total.